The van der Waals surface area contributed by atoms with E-state index in [1.807, 2.05) is 20.8 Å². The maximum Gasteiger partial charge on any atom is 0.146 e. The first-order valence-corrected chi connectivity index (χ1v) is 4.86. The predicted molar refractivity (Wildman–Crippen MR) is 58.9 cm³/mol. The van der Waals surface area contributed by atoms with Gasteiger partial charge in [0.25, 0.3) is 0 Å². The molecule has 0 aromatic heterocycles. The molecule has 1 N–H and O–H groups in total. The molecule has 1 aromatic rings. The van der Waals surface area contributed by atoms with E-state index in [2.05, 4.69) is 11.4 Å². The molecule has 0 radical (unpaired) electrons. The van der Waals surface area contributed by atoms with Crippen molar-refractivity contribution >= 4 is 5.69 Å². The fourth-order valence-corrected chi connectivity index (χ4v) is 1.18. The zero-order valence-corrected chi connectivity index (χ0v) is 9.21. The fourth-order valence-electron chi connectivity index (χ4n) is 1.18. The minimum Gasteiger partial charge on any atom is -0.367 e. The molecule has 3 heteroatoms. The Labute approximate surface area is 89.7 Å². The summed E-state index contributed by atoms with van der Waals surface area (Å²) in [4.78, 5) is 0. The van der Waals surface area contributed by atoms with Crippen LogP contribution >= 0.6 is 0 Å². The second-order valence-electron chi connectivity index (χ2n) is 4.55. The van der Waals surface area contributed by atoms with Crippen LogP contribution < -0.4 is 5.32 Å². The van der Waals surface area contributed by atoms with Gasteiger partial charge in [-0.3, -0.25) is 0 Å². The van der Waals surface area contributed by atoms with Crippen molar-refractivity contribution < 1.29 is 4.39 Å². The second kappa shape index (κ2) is 4.31. The highest BCUT2D eigenvalue weighted by atomic mass is 19.1. The highest BCUT2D eigenvalue weighted by Crippen LogP contribution is 2.23. The Kier molecular flexibility index (Phi) is 3.31. The average Bonchev–Trinajstić information content (AvgIpc) is 2.14. The number of nitrogens with zero attached hydrogens (tertiary/aromatic N) is 1. The van der Waals surface area contributed by atoms with E-state index in [0.717, 1.165) is 0 Å². The lowest BCUT2D eigenvalue weighted by atomic mass is 9.87. The van der Waals surface area contributed by atoms with E-state index in [9.17, 15) is 4.39 Å². The largest absolute Gasteiger partial charge is 0.367 e. The van der Waals surface area contributed by atoms with Gasteiger partial charge in [0.2, 0.25) is 0 Å². The van der Waals surface area contributed by atoms with E-state index in [1.165, 1.54) is 6.07 Å². The van der Waals surface area contributed by atoms with Crippen LogP contribution in [0.1, 0.15) is 20.8 Å². The fraction of sp³-hybridized carbons (Fsp3) is 0.417. The van der Waals surface area contributed by atoms with Gasteiger partial charge in [-0.1, -0.05) is 32.9 Å². The minimum atomic E-state index is -0.408. The van der Waals surface area contributed by atoms with Gasteiger partial charge in [-0.15, -0.1) is 0 Å². The van der Waals surface area contributed by atoms with Crippen LogP contribution in [-0.2, 0) is 0 Å². The van der Waals surface area contributed by atoms with Crippen LogP contribution in [-0.4, -0.2) is 6.04 Å². The molecule has 1 rings (SSSR count). The lowest BCUT2D eigenvalue weighted by Crippen LogP contribution is -2.32. The van der Waals surface area contributed by atoms with Crippen molar-refractivity contribution in [3.8, 4) is 6.07 Å². The molecule has 0 fully saturated rings. The van der Waals surface area contributed by atoms with Gasteiger partial charge in [0, 0.05) is 0 Å². The van der Waals surface area contributed by atoms with Crippen molar-refractivity contribution in [3.05, 3.63) is 30.1 Å². The number of benzene rings is 1. The maximum atomic E-state index is 13.3. The lowest BCUT2D eigenvalue weighted by Gasteiger charge is -2.26. The molecule has 1 unspecified atom stereocenters. The SMILES string of the molecule is CC(C)(C)C(C#N)Nc1ccccc1F. The van der Waals surface area contributed by atoms with Crippen molar-refractivity contribution in [3.63, 3.8) is 0 Å². The monoisotopic (exact) mass is 206 g/mol. The zero-order valence-electron chi connectivity index (χ0n) is 9.21. The highest BCUT2D eigenvalue weighted by molar-refractivity contribution is 5.46. The van der Waals surface area contributed by atoms with Gasteiger partial charge in [-0.2, -0.15) is 5.26 Å². The van der Waals surface area contributed by atoms with Crippen LogP contribution in [0.3, 0.4) is 0 Å². The predicted octanol–water partition coefficient (Wildman–Crippen LogP) is 3.18. The van der Waals surface area contributed by atoms with Crippen molar-refractivity contribution in [2.24, 2.45) is 5.41 Å². The summed E-state index contributed by atoms with van der Waals surface area (Å²) in [5.41, 5.74) is 0.149. The standard InChI is InChI=1S/C12H15FN2/c1-12(2,3)11(8-14)15-10-7-5-4-6-9(10)13/h4-7,11,15H,1-3H3. The summed E-state index contributed by atoms with van der Waals surface area (Å²) in [5.74, 6) is -0.331. The minimum absolute atomic E-state index is 0.225. The Bertz CT molecular complexity index is 374. The molecule has 0 spiro atoms. The highest BCUT2D eigenvalue weighted by Gasteiger charge is 2.24. The number of rotatable bonds is 2. The normalized spacial score (nSPS) is 13.0. The van der Waals surface area contributed by atoms with Crippen molar-refractivity contribution in [1.82, 2.24) is 0 Å². The molecular formula is C12H15FN2. The van der Waals surface area contributed by atoms with E-state index < -0.39 is 6.04 Å². The molecule has 0 amide bonds. The molecule has 2 nitrogen and oxygen atoms in total. The molecule has 0 aliphatic carbocycles. The van der Waals surface area contributed by atoms with Gasteiger partial charge in [-0.05, 0) is 17.5 Å². The van der Waals surface area contributed by atoms with E-state index in [1.54, 1.807) is 18.2 Å². The summed E-state index contributed by atoms with van der Waals surface area (Å²) in [6.07, 6.45) is 0. The summed E-state index contributed by atoms with van der Waals surface area (Å²) in [7, 11) is 0. The lowest BCUT2D eigenvalue weighted by molar-refractivity contribution is 0.389. The van der Waals surface area contributed by atoms with E-state index in [-0.39, 0.29) is 11.2 Å². The first kappa shape index (κ1) is 11.5. The van der Waals surface area contributed by atoms with E-state index in [0.29, 0.717) is 5.69 Å². The zero-order chi connectivity index (χ0) is 11.5. The Morgan fingerprint density at radius 1 is 1.33 bits per heavy atom. The molecule has 0 aliphatic heterocycles. The summed E-state index contributed by atoms with van der Waals surface area (Å²) in [5, 5.41) is 11.9. The summed E-state index contributed by atoms with van der Waals surface area (Å²) >= 11 is 0. The molecule has 0 saturated heterocycles. The van der Waals surface area contributed by atoms with Gasteiger partial charge < -0.3 is 5.32 Å². The van der Waals surface area contributed by atoms with Crippen LogP contribution in [0.25, 0.3) is 0 Å². The average molecular weight is 206 g/mol. The topological polar surface area (TPSA) is 35.8 Å². The second-order valence-corrected chi connectivity index (χ2v) is 4.55. The van der Waals surface area contributed by atoms with Crippen molar-refractivity contribution in [2.75, 3.05) is 5.32 Å². The summed E-state index contributed by atoms with van der Waals surface area (Å²) in [6, 6.07) is 8.10. The number of anilines is 1. The Morgan fingerprint density at radius 3 is 2.40 bits per heavy atom. The number of nitriles is 1. The molecule has 0 aliphatic rings. The molecule has 0 saturated carbocycles. The molecule has 1 aromatic carbocycles. The molecule has 0 bridgehead atoms. The van der Waals surface area contributed by atoms with Gasteiger partial charge in [0.1, 0.15) is 11.9 Å². The maximum absolute atomic E-state index is 13.3. The number of hydrogen-bond donors (Lipinski definition) is 1. The van der Waals surface area contributed by atoms with Crippen LogP contribution in [0.15, 0.2) is 24.3 Å². The third kappa shape index (κ3) is 2.95. The third-order valence-electron chi connectivity index (χ3n) is 2.17. The van der Waals surface area contributed by atoms with E-state index >= 15 is 0 Å². The quantitative estimate of drug-likeness (QED) is 0.806. The van der Waals surface area contributed by atoms with Gasteiger partial charge in [-0.25, -0.2) is 4.39 Å². The molecule has 1 atom stereocenters. The third-order valence-corrected chi connectivity index (χ3v) is 2.17. The van der Waals surface area contributed by atoms with Crippen LogP contribution in [0.2, 0.25) is 0 Å². The molecule has 0 heterocycles. The number of nitrogens with one attached hydrogen (secondary N) is 1. The van der Waals surface area contributed by atoms with Crippen LogP contribution in [0.5, 0.6) is 0 Å². The summed E-state index contributed by atoms with van der Waals surface area (Å²) < 4.78 is 13.3. The first-order valence-electron chi connectivity index (χ1n) is 4.86. The first-order chi connectivity index (χ1) is 6.95. The van der Waals surface area contributed by atoms with Gasteiger partial charge in [0.05, 0.1) is 11.8 Å². The number of halogens is 1. The Balaban J connectivity index is 2.87. The number of hydrogen-bond acceptors (Lipinski definition) is 2. The van der Waals surface area contributed by atoms with Gasteiger partial charge >= 0.3 is 0 Å². The summed E-state index contributed by atoms with van der Waals surface area (Å²) in [6.45, 7) is 5.82. The van der Waals surface area contributed by atoms with Crippen LogP contribution in [0.4, 0.5) is 10.1 Å². The van der Waals surface area contributed by atoms with Crippen molar-refractivity contribution in [2.45, 2.75) is 26.8 Å². The number of para-hydroxylation sites is 1. The molecular weight excluding hydrogens is 191 g/mol. The Morgan fingerprint density at radius 2 is 1.93 bits per heavy atom. The smallest absolute Gasteiger partial charge is 0.146 e. The van der Waals surface area contributed by atoms with Crippen molar-refractivity contribution in [1.29, 1.82) is 5.26 Å². The van der Waals surface area contributed by atoms with Crippen LogP contribution in [0, 0.1) is 22.6 Å². The van der Waals surface area contributed by atoms with Gasteiger partial charge in [0.15, 0.2) is 0 Å². The molecule has 15 heavy (non-hydrogen) atoms. The molecule has 80 valence electrons. The van der Waals surface area contributed by atoms with E-state index in [4.69, 9.17) is 5.26 Å². The Hall–Kier alpha value is -1.56.